The van der Waals surface area contributed by atoms with Crippen molar-refractivity contribution in [3.63, 3.8) is 0 Å². The standard InChI is InChI=1S/C12H15ClN4O/c13-12-14-5-8-6-17(4-3-10(8)16-12)7-9-1-2-11(18)15-9/h5,9H,1-4,6-7H2,(H,15,18)/t9-/m0/s1. The van der Waals surface area contributed by atoms with Crippen LogP contribution in [0.1, 0.15) is 24.1 Å². The minimum atomic E-state index is 0.174. The molecular weight excluding hydrogens is 252 g/mol. The van der Waals surface area contributed by atoms with Crippen molar-refractivity contribution in [3.8, 4) is 0 Å². The van der Waals surface area contributed by atoms with Gasteiger partial charge >= 0.3 is 0 Å². The van der Waals surface area contributed by atoms with Crippen molar-refractivity contribution in [2.24, 2.45) is 0 Å². The average Bonchev–Trinajstić information content (AvgIpc) is 2.75. The Morgan fingerprint density at radius 2 is 2.39 bits per heavy atom. The molecule has 0 spiro atoms. The molecule has 1 N–H and O–H groups in total. The average molecular weight is 267 g/mol. The van der Waals surface area contributed by atoms with Crippen LogP contribution in [0.2, 0.25) is 5.28 Å². The third-order valence-corrected chi connectivity index (χ3v) is 3.73. The summed E-state index contributed by atoms with van der Waals surface area (Å²) >= 11 is 5.78. The quantitative estimate of drug-likeness (QED) is 0.804. The summed E-state index contributed by atoms with van der Waals surface area (Å²) in [5.41, 5.74) is 2.21. The topological polar surface area (TPSA) is 58.1 Å². The Hall–Kier alpha value is -1.20. The molecule has 1 fully saturated rings. The van der Waals surface area contributed by atoms with Gasteiger partial charge in [-0.25, -0.2) is 9.97 Å². The third kappa shape index (κ3) is 2.47. The lowest BCUT2D eigenvalue weighted by Gasteiger charge is -2.29. The first-order valence-corrected chi connectivity index (χ1v) is 6.60. The number of carbonyl (C=O) groups excluding carboxylic acids is 1. The summed E-state index contributed by atoms with van der Waals surface area (Å²) in [7, 11) is 0. The van der Waals surface area contributed by atoms with Crippen LogP contribution in [0.5, 0.6) is 0 Å². The number of hydrogen-bond donors (Lipinski definition) is 1. The number of nitrogens with zero attached hydrogens (tertiary/aromatic N) is 3. The fraction of sp³-hybridized carbons (Fsp3) is 0.583. The molecular formula is C12H15ClN4O. The smallest absolute Gasteiger partial charge is 0.222 e. The molecule has 3 rings (SSSR count). The number of halogens is 1. The molecule has 96 valence electrons. The summed E-state index contributed by atoms with van der Waals surface area (Å²) in [6.45, 7) is 2.72. The second kappa shape index (κ2) is 4.82. The first-order valence-electron chi connectivity index (χ1n) is 6.23. The van der Waals surface area contributed by atoms with E-state index >= 15 is 0 Å². The van der Waals surface area contributed by atoms with Crippen LogP contribution in [0.25, 0.3) is 0 Å². The molecule has 0 radical (unpaired) electrons. The van der Waals surface area contributed by atoms with E-state index in [9.17, 15) is 4.79 Å². The fourth-order valence-corrected chi connectivity index (χ4v) is 2.78. The molecule has 1 atom stereocenters. The van der Waals surface area contributed by atoms with Crippen LogP contribution < -0.4 is 5.32 Å². The van der Waals surface area contributed by atoms with E-state index in [1.807, 2.05) is 6.20 Å². The molecule has 5 nitrogen and oxygen atoms in total. The third-order valence-electron chi connectivity index (χ3n) is 3.55. The summed E-state index contributed by atoms with van der Waals surface area (Å²) in [6.07, 6.45) is 4.31. The number of rotatable bonds is 2. The van der Waals surface area contributed by atoms with Gasteiger partial charge in [-0.3, -0.25) is 9.69 Å². The first kappa shape index (κ1) is 11.9. The highest BCUT2D eigenvalue weighted by Gasteiger charge is 2.25. The summed E-state index contributed by atoms with van der Waals surface area (Å²) in [5, 5.41) is 3.33. The lowest BCUT2D eigenvalue weighted by atomic mass is 10.1. The number of hydrogen-bond acceptors (Lipinski definition) is 4. The molecule has 2 aliphatic rings. The summed E-state index contributed by atoms with van der Waals surface area (Å²) in [6, 6.07) is 0.298. The van der Waals surface area contributed by atoms with Crippen LogP contribution in [0.15, 0.2) is 6.20 Å². The zero-order valence-corrected chi connectivity index (χ0v) is 10.8. The molecule has 0 aliphatic carbocycles. The highest BCUT2D eigenvalue weighted by Crippen LogP contribution is 2.19. The van der Waals surface area contributed by atoms with Gasteiger partial charge in [0.25, 0.3) is 0 Å². The van der Waals surface area contributed by atoms with Gasteiger partial charge in [0.05, 0.1) is 5.69 Å². The maximum Gasteiger partial charge on any atom is 0.222 e. The minimum Gasteiger partial charge on any atom is -0.352 e. The number of carbonyl (C=O) groups is 1. The largest absolute Gasteiger partial charge is 0.352 e. The van der Waals surface area contributed by atoms with Gasteiger partial charge in [0.15, 0.2) is 0 Å². The number of aromatic nitrogens is 2. The van der Waals surface area contributed by atoms with Crippen LogP contribution in [-0.2, 0) is 17.8 Å². The Labute approximate surface area is 111 Å². The predicted octanol–water partition coefficient (Wildman–Crippen LogP) is 0.767. The van der Waals surface area contributed by atoms with E-state index in [1.54, 1.807) is 0 Å². The van der Waals surface area contributed by atoms with E-state index in [0.29, 0.717) is 17.7 Å². The van der Waals surface area contributed by atoms with Gasteiger partial charge in [-0.1, -0.05) is 0 Å². The van der Waals surface area contributed by atoms with Gasteiger partial charge < -0.3 is 5.32 Å². The van der Waals surface area contributed by atoms with E-state index in [4.69, 9.17) is 11.6 Å². The number of amides is 1. The number of nitrogens with one attached hydrogen (secondary N) is 1. The predicted molar refractivity (Wildman–Crippen MR) is 67.2 cm³/mol. The van der Waals surface area contributed by atoms with Gasteiger partial charge in [0, 0.05) is 50.3 Å². The van der Waals surface area contributed by atoms with Crippen LogP contribution in [0.4, 0.5) is 0 Å². The van der Waals surface area contributed by atoms with E-state index in [0.717, 1.165) is 43.7 Å². The molecule has 1 amide bonds. The maximum atomic E-state index is 11.2. The molecule has 3 heterocycles. The van der Waals surface area contributed by atoms with Gasteiger partial charge in [-0.15, -0.1) is 0 Å². The number of fused-ring (bicyclic) bond motifs is 1. The van der Waals surface area contributed by atoms with Crippen LogP contribution in [0, 0.1) is 0 Å². The molecule has 1 aromatic heterocycles. The Morgan fingerprint density at radius 1 is 1.50 bits per heavy atom. The molecule has 0 bridgehead atoms. The van der Waals surface area contributed by atoms with E-state index in [1.165, 1.54) is 0 Å². The van der Waals surface area contributed by atoms with Gasteiger partial charge in [-0.05, 0) is 18.0 Å². The van der Waals surface area contributed by atoms with Gasteiger partial charge in [-0.2, -0.15) is 0 Å². The van der Waals surface area contributed by atoms with Crippen molar-refractivity contribution >= 4 is 17.5 Å². The monoisotopic (exact) mass is 266 g/mol. The molecule has 18 heavy (non-hydrogen) atoms. The van der Waals surface area contributed by atoms with Gasteiger partial charge in [0.1, 0.15) is 0 Å². The molecule has 1 saturated heterocycles. The maximum absolute atomic E-state index is 11.2. The van der Waals surface area contributed by atoms with Crippen LogP contribution in [0.3, 0.4) is 0 Å². The molecule has 0 unspecified atom stereocenters. The normalized spacial score (nSPS) is 23.8. The second-order valence-electron chi connectivity index (χ2n) is 4.90. The molecule has 0 aromatic carbocycles. The highest BCUT2D eigenvalue weighted by atomic mass is 35.5. The Balaban J connectivity index is 1.64. The van der Waals surface area contributed by atoms with Crippen molar-refractivity contribution < 1.29 is 4.79 Å². The SMILES string of the molecule is O=C1CC[C@@H](CN2CCc3nc(Cl)ncc3C2)N1. The Kier molecular flexibility index (Phi) is 3.18. The summed E-state index contributed by atoms with van der Waals surface area (Å²) < 4.78 is 0. The minimum absolute atomic E-state index is 0.174. The van der Waals surface area contributed by atoms with E-state index in [-0.39, 0.29) is 5.91 Å². The first-order chi connectivity index (χ1) is 8.70. The van der Waals surface area contributed by atoms with Crippen LogP contribution >= 0.6 is 11.6 Å². The lowest BCUT2D eigenvalue weighted by molar-refractivity contribution is -0.119. The zero-order valence-electron chi connectivity index (χ0n) is 10.0. The Bertz CT molecular complexity index is 479. The van der Waals surface area contributed by atoms with Crippen molar-refractivity contribution in [3.05, 3.63) is 22.7 Å². The molecule has 2 aliphatic heterocycles. The molecule has 0 saturated carbocycles. The van der Waals surface area contributed by atoms with Gasteiger partial charge in [0.2, 0.25) is 11.2 Å². The van der Waals surface area contributed by atoms with Crippen LogP contribution in [-0.4, -0.2) is 39.9 Å². The van der Waals surface area contributed by atoms with E-state index in [2.05, 4.69) is 20.2 Å². The molecule has 1 aromatic rings. The van der Waals surface area contributed by atoms with Crippen molar-refractivity contribution in [2.75, 3.05) is 13.1 Å². The Morgan fingerprint density at radius 3 is 3.17 bits per heavy atom. The highest BCUT2D eigenvalue weighted by molar-refractivity contribution is 6.28. The fourth-order valence-electron chi connectivity index (χ4n) is 2.63. The van der Waals surface area contributed by atoms with Crippen molar-refractivity contribution in [1.82, 2.24) is 20.2 Å². The van der Waals surface area contributed by atoms with E-state index < -0.39 is 0 Å². The van der Waals surface area contributed by atoms with Crippen molar-refractivity contribution in [2.45, 2.75) is 31.8 Å². The second-order valence-corrected chi connectivity index (χ2v) is 5.24. The molecule has 6 heteroatoms. The summed E-state index contributed by atoms with van der Waals surface area (Å²) in [5.74, 6) is 0.174. The lowest BCUT2D eigenvalue weighted by Crippen LogP contribution is -2.41. The van der Waals surface area contributed by atoms with Crippen molar-refractivity contribution in [1.29, 1.82) is 0 Å². The summed E-state index contributed by atoms with van der Waals surface area (Å²) in [4.78, 5) is 21.8. The zero-order chi connectivity index (χ0) is 12.5.